The lowest BCUT2D eigenvalue weighted by Gasteiger charge is -2.03. The van der Waals surface area contributed by atoms with Gasteiger partial charge < -0.3 is 10.8 Å². The SMILES string of the molecule is Nc1nc(-c2ccccn2)ncc1CO. The average molecular weight is 202 g/mol. The lowest BCUT2D eigenvalue weighted by atomic mass is 10.3. The van der Waals surface area contributed by atoms with Gasteiger partial charge in [-0.05, 0) is 12.1 Å². The summed E-state index contributed by atoms with van der Waals surface area (Å²) in [5, 5.41) is 8.90. The highest BCUT2D eigenvalue weighted by atomic mass is 16.3. The van der Waals surface area contributed by atoms with Crippen molar-refractivity contribution in [3.8, 4) is 11.5 Å². The minimum absolute atomic E-state index is 0.158. The van der Waals surface area contributed by atoms with E-state index >= 15 is 0 Å². The fraction of sp³-hybridized carbons (Fsp3) is 0.100. The first kappa shape index (κ1) is 9.54. The van der Waals surface area contributed by atoms with Crippen LogP contribution in [0.25, 0.3) is 11.5 Å². The molecule has 0 amide bonds. The molecule has 0 bridgehead atoms. The maximum Gasteiger partial charge on any atom is 0.180 e. The zero-order chi connectivity index (χ0) is 10.7. The second kappa shape index (κ2) is 4.02. The summed E-state index contributed by atoms with van der Waals surface area (Å²) in [6.07, 6.45) is 3.17. The first-order valence-corrected chi connectivity index (χ1v) is 4.45. The smallest absolute Gasteiger partial charge is 0.180 e. The summed E-state index contributed by atoms with van der Waals surface area (Å²) in [6.45, 7) is -0.158. The van der Waals surface area contributed by atoms with Crippen molar-refractivity contribution in [3.05, 3.63) is 36.2 Å². The van der Waals surface area contributed by atoms with Crippen LogP contribution in [0, 0.1) is 0 Å². The highest BCUT2D eigenvalue weighted by molar-refractivity contribution is 5.52. The summed E-state index contributed by atoms with van der Waals surface area (Å²) in [5.74, 6) is 0.749. The van der Waals surface area contributed by atoms with Crippen LogP contribution in [-0.2, 0) is 6.61 Å². The number of hydrogen-bond acceptors (Lipinski definition) is 5. The van der Waals surface area contributed by atoms with Crippen molar-refractivity contribution in [2.24, 2.45) is 0 Å². The van der Waals surface area contributed by atoms with Crippen molar-refractivity contribution in [2.75, 3.05) is 5.73 Å². The van der Waals surface area contributed by atoms with Crippen LogP contribution in [-0.4, -0.2) is 20.1 Å². The van der Waals surface area contributed by atoms with Crippen LogP contribution in [0.15, 0.2) is 30.6 Å². The predicted octanol–water partition coefficient (Wildman–Crippen LogP) is 0.613. The van der Waals surface area contributed by atoms with Crippen molar-refractivity contribution in [2.45, 2.75) is 6.61 Å². The molecule has 0 aliphatic rings. The lowest BCUT2D eigenvalue weighted by Crippen LogP contribution is -2.01. The van der Waals surface area contributed by atoms with E-state index in [-0.39, 0.29) is 12.4 Å². The number of hydrogen-bond donors (Lipinski definition) is 2. The zero-order valence-electron chi connectivity index (χ0n) is 7.96. The van der Waals surface area contributed by atoms with Gasteiger partial charge in [0, 0.05) is 18.0 Å². The van der Waals surface area contributed by atoms with Gasteiger partial charge in [0.1, 0.15) is 11.5 Å². The number of aromatic nitrogens is 3. The number of aliphatic hydroxyl groups is 1. The van der Waals surface area contributed by atoms with E-state index < -0.39 is 0 Å². The molecule has 0 radical (unpaired) electrons. The number of rotatable bonds is 2. The standard InChI is InChI=1S/C10H10N4O/c11-9-7(6-15)5-13-10(14-9)8-3-1-2-4-12-8/h1-5,15H,6H2,(H2,11,13,14). The van der Waals surface area contributed by atoms with Gasteiger partial charge in [-0.2, -0.15) is 0 Å². The molecule has 15 heavy (non-hydrogen) atoms. The third-order valence-electron chi connectivity index (χ3n) is 1.96. The molecule has 76 valence electrons. The monoisotopic (exact) mass is 202 g/mol. The van der Waals surface area contributed by atoms with E-state index in [1.54, 1.807) is 12.3 Å². The van der Waals surface area contributed by atoms with E-state index in [1.165, 1.54) is 6.20 Å². The number of pyridine rings is 1. The molecule has 0 saturated carbocycles. The lowest BCUT2D eigenvalue weighted by molar-refractivity contribution is 0.281. The third kappa shape index (κ3) is 1.92. The number of nitrogens with two attached hydrogens (primary N) is 1. The molecule has 2 aromatic rings. The van der Waals surface area contributed by atoms with Crippen molar-refractivity contribution >= 4 is 5.82 Å². The van der Waals surface area contributed by atoms with Gasteiger partial charge in [-0.3, -0.25) is 4.98 Å². The Kier molecular flexibility index (Phi) is 2.55. The molecule has 0 atom stereocenters. The summed E-state index contributed by atoms with van der Waals surface area (Å²) in [5.41, 5.74) is 6.81. The second-order valence-electron chi connectivity index (χ2n) is 2.98. The van der Waals surface area contributed by atoms with E-state index in [4.69, 9.17) is 10.8 Å². The molecule has 0 aliphatic heterocycles. The Morgan fingerprint density at radius 3 is 2.73 bits per heavy atom. The van der Waals surface area contributed by atoms with Crippen LogP contribution < -0.4 is 5.73 Å². The predicted molar refractivity (Wildman–Crippen MR) is 55.6 cm³/mol. The molecule has 0 aromatic carbocycles. The molecule has 2 heterocycles. The summed E-state index contributed by atoms with van der Waals surface area (Å²) < 4.78 is 0. The van der Waals surface area contributed by atoms with E-state index in [1.807, 2.05) is 12.1 Å². The minimum atomic E-state index is -0.158. The van der Waals surface area contributed by atoms with Gasteiger partial charge in [-0.25, -0.2) is 9.97 Å². The summed E-state index contributed by atoms with van der Waals surface area (Å²) in [7, 11) is 0. The molecular weight excluding hydrogens is 192 g/mol. The highest BCUT2D eigenvalue weighted by Gasteiger charge is 2.05. The molecule has 0 spiro atoms. The van der Waals surface area contributed by atoms with Crippen molar-refractivity contribution in [1.29, 1.82) is 0 Å². The Bertz CT molecular complexity index is 458. The van der Waals surface area contributed by atoms with E-state index in [2.05, 4.69) is 15.0 Å². The first-order chi connectivity index (χ1) is 7.31. The molecule has 5 heteroatoms. The van der Waals surface area contributed by atoms with Crippen LogP contribution in [0.5, 0.6) is 0 Å². The Hall–Kier alpha value is -2.01. The second-order valence-corrected chi connectivity index (χ2v) is 2.98. The van der Waals surface area contributed by atoms with Crippen LogP contribution >= 0.6 is 0 Å². The number of nitrogens with zero attached hydrogens (tertiary/aromatic N) is 3. The fourth-order valence-electron chi connectivity index (χ4n) is 1.16. The maximum absolute atomic E-state index is 8.90. The normalized spacial score (nSPS) is 10.2. The molecule has 0 unspecified atom stereocenters. The van der Waals surface area contributed by atoms with E-state index in [9.17, 15) is 0 Å². The van der Waals surface area contributed by atoms with Gasteiger partial charge in [0.15, 0.2) is 5.82 Å². The van der Waals surface area contributed by atoms with Gasteiger partial charge in [-0.1, -0.05) is 6.07 Å². The topological polar surface area (TPSA) is 84.9 Å². The van der Waals surface area contributed by atoms with Crippen LogP contribution in [0.1, 0.15) is 5.56 Å². The van der Waals surface area contributed by atoms with Crippen LogP contribution in [0.4, 0.5) is 5.82 Å². The number of anilines is 1. The molecule has 2 rings (SSSR count). The molecule has 3 N–H and O–H groups in total. The highest BCUT2D eigenvalue weighted by Crippen LogP contribution is 2.14. The van der Waals surface area contributed by atoms with E-state index in [0.717, 1.165) is 0 Å². The number of aliphatic hydroxyl groups excluding tert-OH is 1. The van der Waals surface area contributed by atoms with Gasteiger partial charge in [-0.15, -0.1) is 0 Å². The minimum Gasteiger partial charge on any atom is -0.391 e. The average Bonchev–Trinajstić information content (AvgIpc) is 2.30. The summed E-state index contributed by atoms with van der Waals surface area (Å²) in [4.78, 5) is 12.2. The molecular formula is C10H10N4O. The number of nitrogen functional groups attached to an aromatic ring is 1. The molecule has 0 fully saturated rings. The van der Waals surface area contributed by atoms with Gasteiger partial charge in [0.05, 0.1) is 6.61 Å². The van der Waals surface area contributed by atoms with Crippen molar-refractivity contribution < 1.29 is 5.11 Å². The van der Waals surface area contributed by atoms with Crippen LogP contribution in [0.3, 0.4) is 0 Å². The summed E-state index contributed by atoms with van der Waals surface area (Å²) >= 11 is 0. The largest absolute Gasteiger partial charge is 0.391 e. The zero-order valence-corrected chi connectivity index (χ0v) is 7.96. The summed E-state index contributed by atoms with van der Waals surface area (Å²) in [6, 6.07) is 5.46. The molecule has 0 saturated heterocycles. The molecule has 0 aliphatic carbocycles. The Morgan fingerprint density at radius 1 is 1.27 bits per heavy atom. The first-order valence-electron chi connectivity index (χ1n) is 4.45. The Labute approximate surface area is 86.6 Å². The van der Waals surface area contributed by atoms with Gasteiger partial charge in [0.25, 0.3) is 0 Å². The van der Waals surface area contributed by atoms with E-state index in [0.29, 0.717) is 17.1 Å². The fourth-order valence-corrected chi connectivity index (χ4v) is 1.16. The molecule has 5 nitrogen and oxygen atoms in total. The van der Waals surface area contributed by atoms with Crippen molar-refractivity contribution in [1.82, 2.24) is 15.0 Å². The Balaban J connectivity index is 2.43. The molecule has 2 aromatic heterocycles. The maximum atomic E-state index is 8.90. The van der Waals surface area contributed by atoms with Crippen molar-refractivity contribution in [3.63, 3.8) is 0 Å². The Morgan fingerprint density at radius 2 is 2.13 bits per heavy atom. The quantitative estimate of drug-likeness (QED) is 0.745. The third-order valence-corrected chi connectivity index (χ3v) is 1.96. The van der Waals surface area contributed by atoms with Gasteiger partial charge in [0.2, 0.25) is 0 Å². The van der Waals surface area contributed by atoms with Crippen LogP contribution in [0.2, 0.25) is 0 Å². The van der Waals surface area contributed by atoms with Gasteiger partial charge >= 0.3 is 0 Å².